The molecule has 4 nitrogen and oxygen atoms in total. The molecular formula is C19H17F2N3O. The first-order valence-corrected chi connectivity index (χ1v) is 7.86. The zero-order chi connectivity index (χ0) is 17.6. The Labute approximate surface area is 144 Å². The SMILES string of the molecule is O=C(Cc1cc(F)ccc1F)NC(Cn1ccnc1)c1ccccc1. The highest BCUT2D eigenvalue weighted by Crippen LogP contribution is 2.16. The predicted molar refractivity (Wildman–Crippen MR) is 89.6 cm³/mol. The van der Waals surface area contributed by atoms with Crippen LogP contribution in [0.25, 0.3) is 0 Å². The molecule has 1 heterocycles. The number of hydrogen-bond donors (Lipinski definition) is 1. The summed E-state index contributed by atoms with van der Waals surface area (Å²) in [5.74, 6) is -1.54. The lowest BCUT2D eigenvalue weighted by Gasteiger charge is -2.20. The van der Waals surface area contributed by atoms with Gasteiger partial charge in [0.2, 0.25) is 5.91 Å². The van der Waals surface area contributed by atoms with E-state index < -0.39 is 11.6 Å². The van der Waals surface area contributed by atoms with Crippen molar-refractivity contribution >= 4 is 5.91 Å². The number of halogens is 2. The third-order valence-corrected chi connectivity index (χ3v) is 3.85. The second kappa shape index (κ2) is 7.70. The Morgan fingerprint density at radius 1 is 1.16 bits per heavy atom. The van der Waals surface area contributed by atoms with Gasteiger partial charge in [-0.15, -0.1) is 0 Å². The van der Waals surface area contributed by atoms with E-state index in [9.17, 15) is 13.6 Å². The third-order valence-electron chi connectivity index (χ3n) is 3.85. The van der Waals surface area contributed by atoms with Gasteiger partial charge in [-0.25, -0.2) is 13.8 Å². The van der Waals surface area contributed by atoms with E-state index in [1.54, 1.807) is 18.7 Å². The minimum atomic E-state index is -0.595. The smallest absolute Gasteiger partial charge is 0.225 e. The molecule has 0 saturated heterocycles. The van der Waals surface area contributed by atoms with Crippen molar-refractivity contribution in [3.05, 3.63) is 90.0 Å². The maximum absolute atomic E-state index is 13.7. The van der Waals surface area contributed by atoms with Crippen molar-refractivity contribution in [1.82, 2.24) is 14.9 Å². The molecule has 1 N–H and O–H groups in total. The summed E-state index contributed by atoms with van der Waals surface area (Å²) in [6, 6.07) is 12.3. The molecule has 0 fully saturated rings. The van der Waals surface area contributed by atoms with Crippen molar-refractivity contribution in [2.45, 2.75) is 19.0 Å². The maximum atomic E-state index is 13.7. The molecule has 128 valence electrons. The molecule has 3 rings (SSSR count). The van der Waals surface area contributed by atoms with Crippen LogP contribution in [0, 0.1) is 11.6 Å². The Bertz CT molecular complexity index is 835. The van der Waals surface area contributed by atoms with Gasteiger partial charge in [-0.3, -0.25) is 4.79 Å². The van der Waals surface area contributed by atoms with E-state index in [0.29, 0.717) is 6.54 Å². The first-order chi connectivity index (χ1) is 12.1. The van der Waals surface area contributed by atoms with E-state index in [4.69, 9.17) is 0 Å². The molecule has 3 aromatic rings. The van der Waals surface area contributed by atoms with Crippen molar-refractivity contribution in [2.75, 3.05) is 0 Å². The van der Waals surface area contributed by atoms with E-state index in [2.05, 4.69) is 10.3 Å². The zero-order valence-corrected chi connectivity index (χ0v) is 13.4. The summed E-state index contributed by atoms with van der Waals surface area (Å²) in [6.45, 7) is 0.487. The fourth-order valence-corrected chi connectivity index (χ4v) is 2.62. The summed E-state index contributed by atoms with van der Waals surface area (Å²) in [7, 11) is 0. The number of aromatic nitrogens is 2. The molecular weight excluding hydrogens is 324 g/mol. The predicted octanol–water partition coefficient (Wildman–Crippen LogP) is 3.26. The Hall–Kier alpha value is -3.02. The summed E-state index contributed by atoms with van der Waals surface area (Å²) < 4.78 is 28.9. The molecule has 0 spiro atoms. The third kappa shape index (κ3) is 4.50. The van der Waals surface area contributed by atoms with Gasteiger partial charge in [0.15, 0.2) is 0 Å². The van der Waals surface area contributed by atoms with Gasteiger partial charge in [0, 0.05) is 24.5 Å². The number of hydrogen-bond acceptors (Lipinski definition) is 2. The summed E-state index contributed by atoms with van der Waals surface area (Å²) >= 11 is 0. The highest BCUT2D eigenvalue weighted by molar-refractivity contribution is 5.79. The van der Waals surface area contributed by atoms with Crippen LogP contribution < -0.4 is 5.32 Å². The van der Waals surface area contributed by atoms with Crippen LogP contribution in [0.15, 0.2) is 67.3 Å². The van der Waals surface area contributed by atoms with Crippen molar-refractivity contribution in [1.29, 1.82) is 0 Å². The highest BCUT2D eigenvalue weighted by atomic mass is 19.1. The van der Waals surface area contributed by atoms with Crippen LogP contribution in [-0.2, 0) is 17.8 Å². The van der Waals surface area contributed by atoms with Crippen molar-refractivity contribution < 1.29 is 13.6 Å². The first kappa shape index (κ1) is 16.8. The normalized spacial score (nSPS) is 11.9. The number of nitrogens with zero attached hydrogens (tertiary/aromatic N) is 2. The quantitative estimate of drug-likeness (QED) is 0.748. The second-order valence-electron chi connectivity index (χ2n) is 5.70. The first-order valence-electron chi connectivity index (χ1n) is 7.86. The van der Waals surface area contributed by atoms with Gasteiger partial charge in [-0.05, 0) is 23.8 Å². The molecule has 1 atom stereocenters. The molecule has 0 aliphatic heterocycles. The van der Waals surface area contributed by atoms with Crippen LogP contribution >= 0.6 is 0 Å². The number of benzene rings is 2. The standard InChI is InChI=1S/C19H17F2N3O/c20-16-6-7-17(21)15(10-16)11-19(25)23-18(12-24-9-8-22-13-24)14-4-2-1-3-5-14/h1-10,13,18H,11-12H2,(H,23,25). The van der Waals surface area contributed by atoms with Crippen LogP contribution in [0.3, 0.4) is 0 Å². The molecule has 6 heteroatoms. The van der Waals surface area contributed by atoms with E-state index >= 15 is 0 Å². The van der Waals surface area contributed by atoms with Gasteiger partial charge in [0.05, 0.1) is 18.8 Å². The molecule has 0 aliphatic carbocycles. The number of imidazole rings is 1. The molecule has 2 aromatic carbocycles. The Morgan fingerprint density at radius 2 is 1.96 bits per heavy atom. The maximum Gasteiger partial charge on any atom is 0.225 e. The van der Waals surface area contributed by atoms with Crippen molar-refractivity contribution in [2.24, 2.45) is 0 Å². The van der Waals surface area contributed by atoms with Gasteiger partial charge >= 0.3 is 0 Å². The molecule has 0 saturated carbocycles. The van der Waals surface area contributed by atoms with Crippen LogP contribution in [0.1, 0.15) is 17.2 Å². The van der Waals surface area contributed by atoms with E-state index in [1.807, 2.05) is 34.9 Å². The summed E-state index contributed by atoms with van der Waals surface area (Å²) in [4.78, 5) is 16.4. The van der Waals surface area contributed by atoms with E-state index in [-0.39, 0.29) is 23.9 Å². The largest absolute Gasteiger partial charge is 0.347 e. The number of rotatable bonds is 6. The minimum Gasteiger partial charge on any atom is -0.347 e. The molecule has 1 amide bonds. The van der Waals surface area contributed by atoms with Crippen molar-refractivity contribution in [3.8, 4) is 0 Å². The highest BCUT2D eigenvalue weighted by Gasteiger charge is 2.17. The van der Waals surface area contributed by atoms with Gasteiger partial charge in [-0.1, -0.05) is 30.3 Å². The van der Waals surface area contributed by atoms with E-state index in [1.165, 1.54) is 0 Å². The topological polar surface area (TPSA) is 46.9 Å². The van der Waals surface area contributed by atoms with Crippen LogP contribution in [0.5, 0.6) is 0 Å². The summed E-state index contributed by atoms with van der Waals surface area (Å²) in [6.07, 6.45) is 4.89. The molecule has 1 unspecified atom stereocenters. The molecule has 25 heavy (non-hydrogen) atoms. The Kier molecular flexibility index (Phi) is 5.18. The lowest BCUT2D eigenvalue weighted by atomic mass is 10.1. The van der Waals surface area contributed by atoms with E-state index in [0.717, 1.165) is 23.8 Å². The fourth-order valence-electron chi connectivity index (χ4n) is 2.62. The number of amides is 1. The second-order valence-corrected chi connectivity index (χ2v) is 5.70. The Balaban J connectivity index is 1.75. The lowest BCUT2D eigenvalue weighted by Crippen LogP contribution is -2.32. The molecule has 0 aliphatic rings. The number of carbonyl (C=O) groups excluding carboxylic acids is 1. The van der Waals surface area contributed by atoms with Gasteiger partial charge in [0.1, 0.15) is 11.6 Å². The summed E-state index contributed by atoms with van der Waals surface area (Å²) in [5.41, 5.74) is 0.955. The average molecular weight is 341 g/mol. The monoisotopic (exact) mass is 341 g/mol. The van der Waals surface area contributed by atoms with Crippen LogP contribution in [0.4, 0.5) is 8.78 Å². The van der Waals surface area contributed by atoms with Gasteiger partial charge in [-0.2, -0.15) is 0 Å². The van der Waals surface area contributed by atoms with Crippen LogP contribution in [-0.4, -0.2) is 15.5 Å². The average Bonchev–Trinajstić information content (AvgIpc) is 3.11. The number of carbonyl (C=O) groups is 1. The molecule has 0 bridgehead atoms. The zero-order valence-electron chi connectivity index (χ0n) is 13.4. The number of nitrogens with one attached hydrogen (secondary N) is 1. The molecule has 0 radical (unpaired) electrons. The fraction of sp³-hybridized carbons (Fsp3) is 0.158. The lowest BCUT2D eigenvalue weighted by molar-refractivity contribution is -0.121. The Morgan fingerprint density at radius 3 is 2.68 bits per heavy atom. The van der Waals surface area contributed by atoms with Gasteiger partial charge < -0.3 is 9.88 Å². The van der Waals surface area contributed by atoms with Crippen LogP contribution in [0.2, 0.25) is 0 Å². The van der Waals surface area contributed by atoms with Crippen molar-refractivity contribution in [3.63, 3.8) is 0 Å². The minimum absolute atomic E-state index is 0.0342. The molecule has 1 aromatic heterocycles. The van der Waals surface area contributed by atoms with Gasteiger partial charge in [0.25, 0.3) is 0 Å². The summed E-state index contributed by atoms with van der Waals surface area (Å²) in [5, 5.41) is 2.89.